The average Bonchev–Trinajstić information content (AvgIpc) is 3.23. The molecule has 0 N–H and O–H groups in total. The Hall–Kier alpha value is -2.98. The molecule has 1 saturated heterocycles. The number of likely N-dealkylation sites (tertiary alicyclic amines) is 1. The smallest absolute Gasteiger partial charge is 0.253 e. The molecule has 2 atom stereocenters. The van der Waals surface area contributed by atoms with E-state index in [-0.39, 0.29) is 11.7 Å². The number of amides is 1. The van der Waals surface area contributed by atoms with Crippen molar-refractivity contribution in [2.45, 2.75) is 25.8 Å². The van der Waals surface area contributed by atoms with Crippen LogP contribution in [-0.2, 0) is 13.0 Å². The van der Waals surface area contributed by atoms with E-state index in [1.807, 2.05) is 4.90 Å². The SMILES string of the molecule is Cc1ccc(C2CN(C(=O)c3ccc(F)cc3)CC2CN2CCc3ccccc3C2)cc1. The summed E-state index contributed by atoms with van der Waals surface area (Å²) < 4.78 is 13.3. The summed E-state index contributed by atoms with van der Waals surface area (Å²) in [6.45, 7) is 6.53. The highest BCUT2D eigenvalue weighted by atomic mass is 19.1. The van der Waals surface area contributed by atoms with Gasteiger partial charge < -0.3 is 4.90 Å². The quantitative estimate of drug-likeness (QED) is 0.581. The molecule has 3 aromatic carbocycles. The zero-order valence-corrected chi connectivity index (χ0v) is 18.5. The largest absolute Gasteiger partial charge is 0.338 e. The van der Waals surface area contributed by atoms with Crippen LogP contribution in [0, 0.1) is 18.7 Å². The Morgan fingerprint density at radius 3 is 2.41 bits per heavy atom. The van der Waals surface area contributed by atoms with Crippen molar-refractivity contribution >= 4 is 5.91 Å². The normalized spacial score (nSPS) is 20.9. The molecule has 0 aliphatic carbocycles. The molecule has 1 fully saturated rings. The maximum Gasteiger partial charge on any atom is 0.253 e. The first-order valence-electron chi connectivity index (χ1n) is 11.5. The lowest BCUT2D eigenvalue weighted by Crippen LogP contribution is -2.37. The number of rotatable bonds is 4. The average molecular weight is 429 g/mol. The van der Waals surface area contributed by atoms with Crippen LogP contribution in [0.1, 0.15) is 38.5 Å². The lowest BCUT2D eigenvalue weighted by atomic mass is 9.87. The van der Waals surface area contributed by atoms with E-state index in [2.05, 4.69) is 60.4 Å². The van der Waals surface area contributed by atoms with Gasteiger partial charge in [-0.3, -0.25) is 9.69 Å². The molecule has 4 heteroatoms. The lowest BCUT2D eigenvalue weighted by Gasteiger charge is -2.32. The van der Waals surface area contributed by atoms with E-state index in [4.69, 9.17) is 0 Å². The van der Waals surface area contributed by atoms with Gasteiger partial charge in [-0.05, 0) is 60.2 Å². The van der Waals surface area contributed by atoms with Gasteiger partial charge in [0, 0.05) is 44.2 Å². The number of carbonyl (C=O) groups excluding carboxylic acids is 1. The minimum Gasteiger partial charge on any atom is -0.338 e. The molecule has 0 aromatic heterocycles. The van der Waals surface area contributed by atoms with Crippen LogP contribution in [0.5, 0.6) is 0 Å². The second kappa shape index (κ2) is 8.87. The summed E-state index contributed by atoms with van der Waals surface area (Å²) in [6, 6.07) is 23.4. The molecule has 0 saturated carbocycles. The summed E-state index contributed by atoms with van der Waals surface area (Å²) in [6.07, 6.45) is 1.08. The summed E-state index contributed by atoms with van der Waals surface area (Å²) in [5, 5.41) is 0. The van der Waals surface area contributed by atoms with Crippen molar-refractivity contribution in [3.8, 4) is 0 Å². The van der Waals surface area contributed by atoms with Crippen LogP contribution >= 0.6 is 0 Å². The van der Waals surface area contributed by atoms with Crippen LogP contribution in [0.25, 0.3) is 0 Å². The predicted molar refractivity (Wildman–Crippen MR) is 125 cm³/mol. The fourth-order valence-corrected chi connectivity index (χ4v) is 5.23. The van der Waals surface area contributed by atoms with E-state index in [0.29, 0.717) is 23.9 Å². The van der Waals surface area contributed by atoms with Gasteiger partial charge in [-0.25, -0.2) is 4.39 Å². The Balaban J connectivity index is 1.36. The first-order valence-corrected chi connectivity index (χ1v) is 11.5. The van der Waals surface area contributed by atoms with Crippen LogP contribution < -0.4 is 0 Å². The zero-order chi connectivity index (χ0) is 22.1. The summed E-state index contributed by atoms with van der Waals surface area (Å²) in [7, 11) is 0. The number of nitrogens with zero attached hydrogens (tertiary/aromatic N) is 2. The van der Waals surface area contributed by atoms with Gasteiger partial charge in [-0.1, -0.05) is 54.1 Å². The Morgan fingerprint density at radius 1 is 0.938 bits per heavy atom. The molecule has 2 heterocycles. The molecule has 2 aliphatic heterocycles. The van der Waals surface area contributed by atoms with Crippen molar-refractivity contribution in [1.29, 1.82) is 0 Å². The summed E-state index contributed by atoms with van der Waals surface area (Å²) in [5.41, 5.74) is 5.98. The van der Waals surface area contributed by atoms with E-state index >= 15 is 0 Å². The minimum atomic E-state index is -0.316. The highest BCUT2D eigenvalue weighted by Gasteiger charge is 2.37. The predicted octanol–water partition coefficient (Wildman–Crippen LogP) is 5.05. The second-order valence-electron chi connectivity index (χ2n) is 9.25. The summed E-state index contributed by atoms with van der Waals surface area (Å²) in [5.74, 6) is 0.349. The van der Waals surface area contributed by atoms with Crippen LogP contribution in [0.15, 0.2) is 72.8 Å². The Morgan fingerprint density at radius 2 is 1.66 bits per heavy atom. The van der Waals surface area contributed by atoms with E-state index in [1.54, 1.807) is 12.1 Å². The number of fused-ring (bicyclic) bond motifs is 1. The molecule has 0 spiro atoms. The number of carbonyl (C=O) groups is 1. The van der Waals surface area contributed by atoms with Gasteiger partial charge in [0.15, 0.2) is 0 Å². The summed E-state index contributed by atoms with van der Waals surface area (Å²) >= 11 is 0. The van der Waals surface area contributed by atoms with Crippen molar-refractivity contribution < 1.29 is 9.18 Å². The van der Waals surface area contributed by atoms with Crippen LogP contribution in [0.4, 0.5) is 4.39 Å². The Bertz CT molecular complexity index is 1090. The third-order valence-corrected chi connectivity index (χ3v) is 7.03. The molecule has 0 radical (unpaired) electrons. The highest BCUT2D eigenvalue weighted by molar-refractivity contribution is 5.94. The Kier molecular flexibility index (Phi) is 5.79. The number of benzene rings is 3. The number of hydrogen-bond donors (Lipinski definition) is 0. The topological polar surface area (TPSA) is 23.6 Å². The maximum absolute atomic E-state index is 13.3. The van der Waals surface area contributed by atoms with Crippen molar-refractivity contribution in [2.24, 2.45) is 5.92 Å². The highest BCUT2D eigenvalue weighted by Crippen LogP contribution is 2.35. The minimum absolute atomic E-state index is 0.00592. The first kappa shape index (κ1) is 20.9. The first-order chi connectivity index (χ1) is 15.6. The number of halogens is 1. The monoisotopic (exact) mass is 428 g/mol. The Labute approximate surface area is 189 Å². The molecule has 164 valence electrons. The van der Waals surface area contributed by atoms with Crippen LogP contribution in [0.2, 0.25) is 0 Å². The third kappa shape index (κ3) is 4.33. The van der Waals surface area contributed by atoms with E-state index in [9.17, 15) is 9.18 Å². The van der Waals surface area contributed by atoms with Crippen molar-refractivity contribution in [2.75, 3.05) is 26.2 Å². The molecular formula is C28H29FN2O. The van der Waals surface area contributed by atoms with Gasteiger partial charge in [0.1, 0.15) is 5.82 Å². The molecule has 2 aliphatic rings. The fourth-order valence-electron chi connectivity index (χ4n) is 5.23. The molecule has 2 unspecified atom stereocenters. The molecule has 1 amide bonds. The number of hydrogen-bond acceptors (Lipinski definition) is 2. The van der Waals surface area contributed by atoms with E-state index in [1.165, 1.54) is 34.4 Å². The van der Waals surface area contributed by atoms with Gasteiger partial charge in [0.05, 0.1) is 0 Å². The van der Waals surface area contributed by atoms with Crippen LogP contribution in [-0.4, -0.2) is 41.9 Å². The molecule has 32 heavy (non-hydrogen) atoms. The van der Waals surface area contributed by atoms with E-state index < -0.39 is 0 Å². The fraction of sp³-hybridized carbons (Fsp3) is 0.321. The maximum atomic E-state index is 13.3. The second-order valence-corrected chi connectivity index (χ2v) is 9.25. The lowest BCUT2D eigenvalue weighted by molar-refractivity contribution is 0.0782. The molecule has 0 bridgehead atoms. The van der Waals surface area contributed by atoms with Gasteiger partial charge in [-0.15, -0.1) is 0 Å². The molecular weight excluding hydrogens is 399 g/mol. The van der Waals surface area contributed by atoms with Crippen molar-refractivity contribution in [1.82, 2.24) is 9.80 Å². The summed E-state index contributed by atoms with van der Waals surface area (Å²) in [4.78, 5) is 17.7. The van der Waals surface area contributed by atoms with Crippen molar-refractivity contribution in [3.63, 3.8) is 0 Å². The van der Waals surface area contributed by atoms with Crippen molar-refractivity contribution in [3.05, 3.63) is 106 Å². The van der Waals surface area contributed by atoms with Crippen LogP contribution in [0.3, 0.4) is 0 Å². The standard InChI is InChI=1S/C28H29FN2O/c1-20-6-8-22(9-7-20)27-19-31(28(32)23-10-12-26(29)13-11-23)18-25(27)17-30-15-14-21-4-2-3-5-24(21)16-30/h2-13,25,27H,14-19H2,1H3. The third-order valence-electron chi connectivity index (χ3n) is 7.03. The van der Waals surface area contributed by atoms with E-state index in [0.717, 1.165) is 32.6 Å². The van der Waals surface area contributed by atoms with Gasteiger partial charge in [-0.2, -0.15) is 0 Å². The molecule has 5 rings (SSSR count). The molecule has 3 aromatic rings. The van der Waals surface area contributed by atoms with Gasteiger partial charge in [0.25, 0.3) is 5.91 Å². The zero-order valence-electron chi connectivity index (χ0n) is 18.5. The van der Waals surface area contributed by atoms with Gasteiger partial charge in [0.2, 0.25) is 0 Å². The molecule has 3 nitrogen and oxygen atoms in total. The van der Waals surface area contributed by atoms with Gasteiger partial charge >= 0.3 is 0 Å². The number of aryl methyl sites for hydroxylation is 1.